The molecular formula is C27H38N6O9. The van der Waals surface area contributed by atoms with Crippen molar-refractivity contribution in [1.29, 1.82) is 0 Å². The van der Waals surface area contributed by atoms with E-state index in [0.717, 1.165) is 10.9 Å². The normalized spacial score (nSPS) is 13.9. The molecule has 1 heterocycles. The van der Waals surface area contributed by atoms with E-state index in [0.29, 0.717) is 24.9 Å². The number of para-hydroxylation sites is 1. The second-order valence-corrected chi connectivity index (χ2v) is 9.84. The number of carboxylic acid groups (broad SMARTS) is 3. The molecule has 0 aliphatic heterocycles. The van der Waals surface area contributed by atoms with Crippen LogP contribution in [-0.4, -0.2) is 86.6 Å². The first-order valence-corrected chi connectivity index (χ1v) is 13.5. The standard InChI is InChI=1S/C27H38N6O9/c28-12-4-3-6-17(29)24(38)31-19(8-10-22(34)35)25(39)32-20(9-11-23(36)37)26(40)33-21(27(41)42)13-15-14-30-18-7-2-1-5-16(15)18/h1-2,5,7,14,17,19-21,30H,3-4,6,8-13,28-29H2,(H,31,38)(H,32,39)(H,33,40)(H,34,35)(H,36,37)(H,41,42). The van der Waals surface area contributed by atoms with Crippen molar-refractivity contribution in [3.8, 4) is 0 Å². The summed E-state index contributed by atoms with van der Waals surface area (Å²) in [6.07, 6.45) is 1.18. The predicted octanol–water partition coefficient (Wildman–Crippen LogP) is -0.565. The van der Waals surface area contributed by atoms with Gasteiger partial charge in [0, 0.05) is 36.4 Å². The lowest BCUT2D eigenvalue weighted by Gasteiger charge is -2.25. The number of nitrogens with one attached hydrogen (secondary N) is 4. The molecule has 4 unspecified atom stereocenters. The van der Waals surface area contributed by atoms with E-state index in [-0.39, 0.29) is 19.3 Å². The molecule has 15 nitrogen and oxygen atoms in total. The van der Waals surface area contributed by atoms with E-state index in [1.807, 2.05) is 0 Å². The van der Waals surface area contributed by atoms with Crippen molar-refractivity contribution < 1.29 is 44.1 Å². The first-order chi connectivity index (χ1) is 19.9. The van der Waals surface area contributed by atoms with Gasteiger partial charge in [-0.2, -0.15) is 0 Å². The van der Waals surface area contributed by atoms with Crippen LogP contribution in [0.25, 0.3) is 10.9 Å². The average Bonchev–Trinajstić information content (AvgIpc) is 3.35. The fraction of sp³-hybridized carbons (Fsp3) is 0.481. The molecule has 230 valence electrons. The molecule has 0 fully saturated rings. The Balaban J connectivity index is 2.19. The molecule has 1 aromatic heterocycles. The maximum absolute atomic E-state index is 13.2. The van der Waals surface area contributed by atoms with Gasteiger partial charge in [-0.05, 0) is 43.9 Å². The molecule has 0 saturated carbocycles. The number of amides is 3. The highest BCUT2D eigenvalue weighted by Crippen LogP contribution is 2.19. The van der Waals surface area contributed by atoms with Crippen molar-refractivity contribution in [1.82, 2.24) is 20.9 Å². The van der Waals surface area contributed by atoms with Crippen molar-refractivity contribution in [2.24, 2.45) is 11.5 Å². The Morgan fingerprint density at radius 3 is 1.86 bits per heavy atom. The molecule has 3 amide bonds. The van der Waals surface area contributed by atoms with Crippen LogP contribution in [0.2, 0.25) is 0 Å². The van der Waals surface area contributed by atoms with E-state index in [2.05, 4.69) is 20.9 Å². The van der Waals surface area contributed by atoms with Gasteiger partial charge in [0.05, 0.1) is 6.04 Å². The Kier molecular flexibility index (Phi) is 13.4. The summed E-state index contributed by atoms with van der Waals surface area (Å²) in [5.41, 5.74) is 12.7. The van der Waals surface area contributed by atoms with Crippen LogP contribution in [-0.2, 0) is 35.2 Å². The molecule has 15 heteroatoms. The van der Waals surface area contributed by atoms with E-state index < -0.39 is 79.1 Å². The second-order valence-electron chi connectivity index (χ2n) is 9.84. The number of nitrogens with two attached hydrogens (primary N) is 2. The van der Waals surface area contributed by atoms with E-state index in [9.17, 15) is 33.9 Å². The maximum atomic E-state index is 13.2. The fourth-order valence-corrected chi connectivity index (χ4v) is 4.26. The second kappa shape index (κ2) is 16.7. The molecule has 11 N–H and O–H groups in total. The number of H-pyrrole nitrogens is 1. The number of carbonyl (C=O) groups is 6. The number of hydrogen-bond donors (Lipinski definition) is 9. The van der Waals surface area contributed by atoms with Crippen LogP contribution in [0.5, 0.6) is 0 Å². The molecule has 0 aliphatic carbocycles. The van der Waals surface area contributed by atoms with Gasteiger partial charge < -0.3 is 47.7 Å². The zero-order valence-electron chi connectivity index (χ0n) is 23.0. The van der Waals surface area contributed by atoms with Gasteiger partial charge in [-0.1, -0.05) is 24.6 Å². The molecule has 2 aromatic rings. The highest BCUT2D eigenvalue weighted by Gasteiger charge is 2.31. The SMILES string of the molecule is NCCCCC(N)C(=O)NC(CCC(=O)O)C(=O)NC(CCC(=O)O)C(=O)NC(Cc1c[nH]c2ccccc12)C(=O)O. The van der Waals surface area contributed by atoms with Crippen LogP contribution < -0.4 is 27.4 Å². The minimum Gasteiger partial charge on any atom is -0.481 e. The lowest BCUT2D eigenvalue weighted by molar-refractivity contribution is -0.143. The zero-order valence-corrected chi connectivity index (χ0v) is 23.0. The van der Waals surface area contributed by atoms with Crippen LogP contribution in [0.15, 0.2) is 30.5 Å². The highest BCUT2D eigenvalue weighted by molar-refractivity contribution is 5.94. The van der Waals surface area contributed by atoms with E-state index >= 15 is 0 Å². The number of benzene rings is 1. The van der Waals surface area contributed by atoms with Crippen molar-refractivity contribution in [2.75, 3.05) is 6.54 Å². The summed E-state index contributed by atoms with van der Waals surface area (Å²) in [4.78, 5) is 76.3. The van der Waals surface area contributed by atoms with Gasteiger partial charge in [0.2, 0.25) is 17.7 Å². The summed E-state index contributed by atoms with van der Waals surface area (Å²) in [7, 11) is 0. The third kappa shape index (κ3) is 10.8. The molecule has 0 aliphatic rings. The molecule has 4 atom stereocenters. The van der Waals surface area contributed by atoms with Gasteiger partial charge in [-0.3, -0.25) is 24.0 Å². The quantitative estimate of drug-likeness (QED) is 0.0935. The number of rotatable bonds is 19. The molecule has 2 rings (SSSR count). The van der Waals surface area contributed by atoms with Gasteiger partial charge in [-0.15, -0.1) is 0 Å². The summed E-state index contributed by atoms with van der Waals surface area (Å²) in [5.74, 6) is -6.49. The minimum absolute atomic E-state index is 0.107. The van der Waals surface area contributed by atoms with E-state index in [1.165, 1.54) is 0 Å². The largest absolute Gasteiger partial charge is 0.481 e. The van der Waals surface area contributed by atoms with Crippen LogP contribution in [0.1, 0.15) is 50.5 Å². The molecule has 0 saturated heterocycles. The molecular weight excluding hydrogens is 552 g/mol. The van der Waals surface area contributed by atoms with Crippen molar-refractivity contribution >= 4 is 46.5 Å². The van der Waals surface area contributed by atoms with Gasteiger partial charge >= 0.3 is 17.9 Å². The van der Waals surface area contributed by atoms with Gasteiger partial charge in [0.15, 0.2) is 0 Å². The number of carbonyl (C=O) groups excluding carboxylic acids is 3. The van der Waals surface area contributed by atoms with Crippen LogP contribution in [0, 0.1) is 0 Å². The molecule has 0 spiro atoms. The third-order valence-corrected chi connectivity index (χ3v) is 6.58. The zero-order chi connectivity index (χ0) is 31.2. The van der Waals surface area contributed by atoms with Crippen LogP contribution in [0.3, 0.4) is 0 Å². The fourth-order valence-electron chi connectivity index (χ4n) is 4.26. The van der Waals surface area contributed by atoms with Gasteiger partial charge in [0.1, 0.15) is 18.1 Å². The summed E-state index contributed by atoms with van der Waals surface area (Å²) in [6, 6.07) is 1.84. The number of unbranched alkanes of at least 4 members (excludes halogenated alkanes) is 1. The first-order valence-electron chi connectivity index (χ1n) is 13.5. The number of aromatic nitrogens is 1. The summed E-state index contributed by atoms with van der Waals surface area (Å²) in [6.45, 7) is 0.405. The van der Waals surface area contributed by atoms with Gasteiger partial charge in [-0.25, -0.2) is 4.79 Å². The van der Waals surface area contributed by atoms with Crippen LogP contribution >= 0.6 is 0 Å². The molecule has 1 aromatic carbocycles. The lowest BCUT2D eigenvalue weighted by atomic mass is 10.0. The Morgan fingerprint density at radius 2 is 1.31 bits per heavy atom. The minimum atomic E-state index is -1.50. The first kappa shape index (κ1) is 33.7. The summed E-state index contributed by atoms with van der Waals surface area (Å²) >= 11 is 0. The Bertz CT molecular complexity index is 1260. The van der Waals surface area contributed by atoms with Crippen LogP contribution in [0.4, 0.5) is 0 Å². The van der Waals surface area contributed by atoms with E-state index in [4.69, 9.17) is 21.7 Å². The van der Waals surface area contributed by atoms with Gasteiger partial charge in [0.25, 0.3) is 0 Å². The number of hydrogen-bond acceptors (Lipinski definition) is 8. The number of aliphatic carboxylic acids is 3. The Labute approximate surface area is 241 Å². The van der Waals surface area contributed by atoms with E-state index in [1.54, 1.807) is 30.5 Å². The number of fused-ring (bicyclic) bond motifs is 1. The third-order valence-electron chi connectivity index (χ3n) is 6.58. The van der Waals surface area contributed by atoms with Crippen molar-refractivity contribution in [2.45, 2.75) is 75.5 Å². The molecule has 0 bridgehead atoms. The maximum Gasteiger partial charge on any atom is 0.326 e. The topological polar surface area (TPSA) is 267 Å². The monoisotopic (exact) mass is 590 g/mol. The number of aromatic amines is 1. The Morgan fingerprint density at radius 1 is 0.762 bits per heavy atom. The summed E-state index contributed by atoms with van der Waals surface area (Å²) < 4.78 is 0. The average molecular weight is 591 g/mol. The highest BCUT2D eigenvalue weighted by atomic mass is 16.4. The summed E-state index contributed by atoms with van der Waals surface area (Å²) in [5, 5.41) is 35.9. The smallest absolute Gasteiger partial charge is 0.326 e. The lowest BCUT2D eigenvalue weighted by Crippen LogP contribution is -2.57. The molecule has 42 heavy (non-hydrogen) atoms. The van der Waals surface area contributed by atoms with Crippen molar-refractivity contribution in [3.05, 3.63) is 36.0 Å². The number of carboxylic acids is 3. The predicted molar refractivity (Wildman–Crippen MR) is 150 cm³/mol. The molecule has 0 radical (unpaired) electrons. The van der Waals surface area contributed by atoms with Crippen molar-refractivity contribution in [3.63, 3.8) is 0 Å². The Hall–Kier alpha value is -4.50.